The molecule has 0 saturated carbocycles. The Hall–Kier alpha value is -2.40. The predicted molar refractivity (Wildman–Crippen MR) is 95.3 cm³/mol. The molecule has 0 spiro atoms. The molecular weight excluding hydrogens is 308 g/mol. The molecule has 2 aromatic rings. The largest absolute Gasteiger partial charge is 0.484 e. The van der Waals surface area contributed by atoms with E-state index in [1.807, 2.05) is 62.4 Å². The fraction of sp³-hybridized carbons (Fsp3) is 0.222. The molecule has 0 saturated heterocycles. The highest BCUT2D eigenvalue weighted by Gasteiger charge is 2.21. The van der Waals surface area contributed by atoms with E-state index in [1.165, 1.54) is 0 Å². The number of amides is 1. The summed E-state index contributed by atoms with van der Waals surface area (Å²) in [6.07, 6.45) is 0. The van der Waals surface area contributed by atoms with E-state index in [4.69, 9.17) is 17.0 Å². The number of carbonyl (C=O) groups excluding carboxylic acids is 1. The zero-order valence-electron chi connectivity index (χ0n) is 13.2. The summed E-state index contributed by atoms with van der Waals surface area (Å²) in [7, 11) is 0. The summed E-state index contributed by atoms with van der Waals surface area (Å²) in [6, 6.07) is 19.1. The van der Waals surface area contributed by atoms with Gasteiger partial charge in [0.2, 0.25) is 0 Å². The van der Waals surface area contributed by atoms with Crippen LogP contribution in [-0.2, 0) is 10.3 Å². The minimum Gasteiger partial charge on any atom is -0.484 e. The molecule has 1 amide bonds. The second kappa shape index (κ2) is 7.74. The fourth-order valence-corrected chi connectivity index (χ4v) is 2.44. The van der Waals surface area contributed by atoms with Crippen molar-refractivity contribution in [3.63, 3.8) is 0 Å². The van der Waals surface area contributed by atoms with Gasteiger partial charge in [0.15, 0.2) is 11.7 Å². The Balaban J connectivity index is 1.83. The molecule has 0 atom stereocenters. The number of benzene rings is 2. The first-order valence-electron chi connectivity index (χ1n) is 7.33. The van der Waals surface area contributed by atoms with Gasteiger partial charge in [0.25, 0.3) is 5.91 Å². The van der Waals surface area contributed by atoms with Crippen molar-refractivity contribution in [3.05, 3.63) is 66.2 Å². The molecule has 0 heterocycles. The first kappa shape index (κ1) is 17.0. The van der Waals surface area contributed by atoms with Crippen LogP contribution >= 0.6 is 12.2 Å². The molecule has 2 aromatic carbocycles. The fourth-order valence-electron chi connectivity index (χ4n) is 2.07. The zero-order valence-corrected chi connectivity index (χ0v) is 14.0. The van der Waals surface area contributed by atoms with Crippen molar-refractivity contribution in [2.24, 2.45) is 0 Å². The van der Waals surface area contributed by atoms with Crippen LogP contribution in [0.2, 0.25) is 0 Å². The molecule has 4 nitrogen and oxygen atoms in total. The summed E-state index contributed by atoms with van der Waals surface area (Å²) < 4.78 is 5.38. The molecule has 0 aromatic heterocycles. The highest BCUT2D eigenvalue weighted by atomic mass is 32.1. The third-order valence-electron chi connectivity index (χ3n) is 3.29. The Morgan fingerprint density at radius 1 is 1.04 bits per heavy atom. The molecule has 2 N–H and O–H groups in total. The molecular formula is C18H20N2O2S. The predicted octanol–water partition coefficient (Wildman–Crippen LogP) is 2.99. The lowest BCUT2D eigenvalue weighted by Crippen LogP contribution is -2.49. The van der Waals surface area contributed by atoms with Gasteiger partial charge in [-0.25, -0.2) is 0 Å². The van der Waals surface area contributed by atoms with Gasteiger partial charge >= 0.3 is 0 Å². The average Bonchev–Trinajstić information content (AvgIpc) is 2.54. The summed E-state index contributed by atoms with van der Waals surface area (Å²) in [5.41, 5.74) is 0.698. The Bertz CT molecular complexity index is 657. The van der Waals surface area contributed by atoms with Crippen molar-refractivity contribution in [1.82, 2.24) is 10.6 Å². The van der Waals surface area contributed by atoms with E-state index in [2.05, 4.69) is 10.6 Å². The molecule has 5 heteroatoms. The molecule has 0 aliphatic heterocycles. The lowest BCUT2D eigenvalue weighted by molar-refractivity contribution is -0.121. The van der Waals surface area contributed by atoms with Gasteiger partial charge in [0.1, 0.15) is 5.75 Å². The van der Waals surface area contributed by atoms with E-state index in [1.54, 1.807) is 12.1 Å². The van der Waals surface area contributed by atoms with Gasteiger partial charge < -0.3 is 15.4 Å². The molecule has 0 aliphatic carbocycles. The number of ether oxygens (including phenoxy) is 1. The van der Waals surface area contributed by atoms with Gasteiger partial charge in [0, 0.05) is 0 Å². The molecule has 0 unspecified atom stereocenters. The summed E-state index contributed by atoms with van der Waals surface area (Å²) in [4.78, 5) is 11.9. The van der Waals surface area contributed by atoms with Crippen molar-refractivity contribution in [1.29, 1.82) is 0 Å². The molecule has 0 aliphatic rings. The number of para-hydroxylation sites is 1. The van der Waals surface area contributed by atoms with Crippen LogP contribution in [0.4, 0.5) is 0 Å². The quantitative estimate of drug-likeness (QED) is 0.829. The van der Waals surface area contributed by atoms with Crippen molar-refractivity contribution >= 4 is 23.2 Å². The Morgan fingerprint density at radius 3 is 2.22 bits per heavy atom. The highest BCUT2D eigenvalue weighted by molar-refractivity contribution is 7.80. The third-order valence-corrected chi connectivity index (χ3v) is 3.49. The Morgan fingerprint density at radius 2 is 1.61 bits per heavy atom. The van der Waals surface area contributed by atoms with Crippen molar-refractivity contribution in [3.8, 4) is 5.75 Å². The molecule has 2 rings (SSSR count). The first-order valence-corrected chi connectivity index (χ1v) is 7.73. The van der Waals surface area contributed by atoms with Gasteiger partial charge in [0.05, 0.1) is 5.54 Å². The summed E-state index contributed by atoms with van der Waals surface area (Å²) in [6.45, 7) is 3.92. The lowest BCUT2D eigenvalue weighted by atomic mass is 9.95. The maximum Gasteiger partial charge on any atom is 0.264 e. The van der Waals surface area contributed by atoms with Crippen molar-refractivity contribution in [2.45, 2.75) is 19.4 Å². The Kier molecular flexibility index (Phi) is 5.71. The summed E-state index contributed by atoms with van der Waals surface area (Å²) in [5.74, 6) is 0.348. The minimum absolute atomic E-state index is 0.0857. The topological polar surface area (TPSA) is 50.4 Å². The summed E-state index contributed by atoms with van der Waals surface area (Å²) in [5, 5.41) is 6.06. The van der Waals surface area contributed by atoms with Gasteiger partial charge in [-0.15, -0.1) is 0 Å². The molecule has 0 fully saturated rings. The van der Waals surface area contributed by atoms with Crippen molar-refractivity contribution in [2.75, 3.05) is 6.61 Å². The molecule has 120 valence electrons. The van der Waals surface area contributed by atoms with Crippen LogP contribution in [-0.4, -0.2) is 17.6 Å². The minimum atomic E-state index is -0.383. The van der Waals surface area contributed by atoms with E-state index < -0.39 is 0 Å². The number of carbonyl (C=O) groups is 1. The van der Waals surface area contributed by atoms with Crippen LogP contribution < -0.4 is 15.4 Å². The van der Waals surface area contributed by atoms with Crippen LogP contribution in [0.5, 0.6) is 5.75 Å². The van der Waals surface area contributed by atoms with Crippen LogP contribution in [0.15, 0.2) is 60.7 Å². The van der Waals surface area contributed by atoms with E-state index in [9.17, 15) is 4.79 Å². The van der Waals surface area contributed by atoms with Gasteiger partial charge in [-0.1, -0.05) is 48.5 Å². The maximum atomic E-state index is 11.9. The standard InChI is InChI=1S/C18H20N2O2S/c1-18(2,14-9-5-3-6-10-14)20-17(23)19-16(21)13-22-15-11-7-4-8-12-15/h3-12H,13H2,1-2H3,(H2,19,20,21,23). The van der Waals surface area contributed by atoms with E-state index >= 15 is 0 Å². The maximum absolute atomic E-state index is 11.9. The Labute approximate surface area is 141 Å². The first-order chi connectivity index (χ1) is 11.0. The SMILES string of the molecule is CC(C)(NC(=S)NC(=O)COc1ccccc1)c1ccccc1. The monoisotopic (exact) mass is 328 g/mol. The number of thiocarbonyl (C=S) groups is 1. The number of hydrogen-bond donors (Lipinski definition) is 2. The van der Waals surface area contributed by atoms with Gasteiger partial charge in [-0.3, -0.25) is 4.79 Å². The normalized spacial score (nSPS) is 10.7. The number of hydrogen-bond acceptors (Lipinski definition) is 3. The van der Waals surface area contributed by atoms with Crippen LogP contribution in [0, 0.1) is 0 Å². The second-order valence-corrected chi connectivity index (χ2v) is 6.00. The third kappa shape index (κ3) is 5.38. The van der Waals surface area contributed by atoms with Gasteiger partial charge in [-0.2, -0.15) is 0 Å². The highest BCUT2D eigenvalue weighted by Crippen LogP contribution is 2.19. The van der Waals surface area contributed by atoms with Crippen LogP contribution in [0.25, 0.3) is 0 Å². The van der Waals surface area contributed by atoms with E-state index in [-0.39, 0.29) is 23.2 Å². The van der Waals surface area contributed by atoms with E-state index in [0.29, 0.717) is 5.75 Å². The number of nitrogens with one attached hydrogen (secondary N) is 2. The van der Waals surface area contributed by atoms with Crippen LogP contribution in [0.1, 0.15) is 19.4 Å². The second-order valence-electron chi connectivity index (χ2n) is 5.60. The number of rotatable bonds is 5. The molecule has 0 bridgehead atoms. The zero-order chi connectivity index (χ0) is 16.7. The molecule has 23 heavy (non-hydrogen) atoms. The smallest absolute Gasteiger partial charge is 0.264 e. The van der Waals surface area contributed by atoms with Gasteiger partial charge in [-0.05, 0) is 43.8 Å². The average molecular weight is 328 g/mol. The molecule has 0 radical (unpaired) electrons. The van der Waals surface area contributed by atoms with E-state index in [0.717, 1.165) is 5.56 Å². The van der Waals surface area contributed by atoms with Crippen LogP contribution in [0.3, 0.4) is 0 Å². The van der Waals surface area contributed by atoms with Crippen molar-refractivity contribution < 1.29 is 9.53 Å². The lowest BCUT2D eigenvalue weighted by Gasteiger charge is -2.28. The summed E-state index contributed by atoms with van der Waals surface area (Å²) >= 11 is 5.21.